The second-order valence-electron chi connectivity index (χ2n) is 10.5. The largest absolute Gasteiger partial charge is 0.378 e. The average Bonchev–Trinajstić information content (AvgIpc) is 3.04. The Hall–Kier alpha value is -2.38. The summed E-state index contributed by atoms with van der Waals surface area (Å²) >= 11 is 0. The smallest absolute Gasteiger partial charge is 0.156 e. The topological polar surface area (TPSA) is 64.3 Å². The van der Waals surface area contributed by atoms with Gasteiger partial charge in [0.1, 0.15) is 0 Å². The zero-order valence-corrected chi connectivity index (χ0v) is 18.8. The highest BCUT2D eigenvalue weighted by Gasteiger charge is 2.63. The van der Waals surface area contributed by atoms with Crippen molar-refractivity contribution in [2.24, 2.45) is 17.3 Å². The molecule has 0 radical (unpaired) electrons. The third-order valence-corrected chi connectivity index (χ3v) is 8.88. The summed E-state index contributed by atoms with van der Waals surface area (Å²) < 4.78 is 0. The van der Waals surface area contributed by atoms with E-state index >= 15 is 0 Å². The highest BCUT2D eigenvalue weighted by Crippen LogP contribution is 2.66. The van der Waals surface area contributed by atoms with Crippen LogP contribution in [0.5, 0.6) is 0 Å². The van der Waals surface area contributed by atoms with E-state index < -0.39 is 11.0 Å². The van der Waals surface area contributed by atoms with Crippen LogP contribution in [0.15, 0.2) is 47.1 Å². The van der Waals surface area contributed by atoms with Crippen molar-refractivity contribution in [3.63, 3.8) is 0 Å². The number of fused-ring (bicyclic) bond motifs is 4. The molecular weight excluding hydrogens is 384 g/mol. The first-order valence-corrected chi connectivity index (χ1v) is 11.6. The number of nitriles is 1. The minimum absolute atomic E-state index is 0.187. The van der Waals surface area contributed by atoms with E-state index in [1.807, 2.05) is 20.2 Å². The number of anilines is 1. The number of aliphatic hydroxyl groups is 1. The van der Waals surface area contributed by atoms with Crippen LogP contribution < -0.4 is 4.90 Å². The number of carbonyl (C=O) groups excluding carboxylic acids is 1. The number of carbonyl (C=O) groups is 1. The minimum atomic E-state index is -1.26. The van der Waals surface area contributed by atoms with Crippen molar-refractivity contribution in [2.45, 2.75) is 63.4 Å². The standard InChI is InChI=1S/C27H32N2O2/c1-26-15-23(17-4-7-19(8-5-17)29(2)3)25-21-11-9-20(30)14-18(21)6-10-22(25)24(26)12-13-27(26,31)16-28/h4-5,7-8,14,22-24,31H,6,9-13,15H2,1-3H3/t22?,23-,24?,26+,27+/m1/s1. The van der Waals surface area contributed by atoms with E-state index in [0.29, 0.717) is 24.7 Å². The van der Waals surface area contributed by atoms with Crippen molar-refractivity contribution in [3.05, 3.63) is 52.6 Å². The maximum Gasteiger partial charge on any atom is 0.156 e. The average molecular weight is 417 g/mol. The Balaban J connectivity index is 1.67. The highest BCUT2D eigenvalue weighted by molar-refractivity contribution is 5.93. The quantitative estimate of drug-likeness (QED) is 0.696. The maximum atomic E-state index is 12.1. The number of ketones is 1. The molecule has 0 spiro atoms. The van der Waals surface area contributed by atoms with Gasteiger partial charge in [0.15, 0.2) is 11.4 Å². The van der Waals surface area contributed by atoms with Gasteiger partial charge in [0.25, 0.3) is 0 Å². The Bertz CT molecular complexity index is 1030. The highest BCUT2D eigenvalue weighted by atomic mass is 16.3. The van der Waals surface area contributed by atoms with Crippen molar-refractivity contribution in [1.29, 1.82) is 5.26 Å². The van der Waals surface area contributed by atoms with Crippen LogP contribution in [0.4, 0.5) is 5.69 Å². The fourth-order valence-corrected chi connectivity index (χ4v) is 7.15. The molecule has 1 aromatic rings. The number of benzene rings is 1. The summed E-state index contributed by atoms with van der Waals surface area (Å²) in [6, 6.07) is 11.1. The first-order valence-electron chi connectivity index (χ1n) is 11.6. The summed E-state index contributed by atoms with van der Waals surface area (Å²) in [6.45, 7) is 2.16. The summed E-state index contributed by atoms with van der Waals surface area (Å²) in [5, 5.41) is 21.3. The Morgan fingerprint density at radius 3 is 2.55 bits per heavy atom. The zero-order chi connectivity index (χ0) is 22.0. The van der Waals surface area contributed by atoms with Gasteiger partial charge < -0.3 is 10.0 Å². The van der Waals surface area contributed by atoms with E-state index in [-0.39, 0.29) is 11.7 Å². The number of rotatable bonds is 2. The van der Waals surface area contributed by atoms with E-state index in [0.717, 1.165) is 32.1 Å². The van der Waals surface area contributed by atoms with Gasteiger partial charge in [-0.05, 0) is 85.3 Å². The predicted octanol–water partition coefficient (Wildman–Crippen LogP) is 4.91. The molecule has 0 aliphatic heterocycles. The molecule has 2 fully saturated rings. The Morgan fingerprint density at radius 1 is 1.13 bits per heavy atom. The first kappa shape index (κ1) is 20.5. The van der Waals surface area contributed by atoms with Gasteiger partial charge in [0.05, 0.1) is 6.07 Å². The molecule has 0 aromatic heterocycles. The second-order valence-corrected chi connectivity index (χ2v) is 10.5. The Morgan fingerprint density at radius 2 is 1.87 bits per heavy atom. The van der Waals surface area contributed by atoms with Crippen molar-refractivity contribution < 1.29 is 9.90 Å². The van der Waals surface area contributed by atoms with Gasteiger partial charge in [0, 0.05) is 37.5 Å². The van der Waals surface area contributed by atoms with Crippen LogP contribution in [-0.4, -0.2) is 30.6 Å². The molecule has 4 aliphatic rings. The van der Waals surface area contributed by atoms with E-state index in [4.69, 9.17) is 0 Å². The van der Waals surface area contributed by atoms with Gasteiger partial charge >= 0.3 is 0 Å². The fourth-order valence-electron chi connectivity index (χ4n) is 7.15. The van der Waals surface area contributed by atoms with Crippen molar-refractivity contribution in [2.75, 3.05) is 19.0 Å². The molecule has 4 aliphatic carbocycles. The van der Waals surface area contributed by atoms with Crippen LogP contribution in [0.25, 0.3) is 0 Å². The molecule has 1 aromatic carbocycles. The van der Waals surface area contributed by atoms with Crippen LogP contribution in [0.1, 0.15) is 63.4 Å². The molecule has 0 saturated heterocycles. The van der Waals surface area contributed by atoms with Gasteiger partial charge in [-0.3, -0.25) is 4.79 Å². The molecule has 1 N–H and O–H groups in total. The normalized spacial score (nSPS) is 36.8. The molecule has 4 nitrogen and oxygen atoms in total. The first-order chi connectivity index (χ1) is 14.8. The van der Waals surface area contributed by atoms with Crippen LogP contribution in [0.2, 0.25) is 0 Å². The van der Waals surface area contributed by atoms with E-state index in [9.17, 15) is 15.2 Å². The molecule has 162 valence electrons. The monoisotopic (exact) mass is 416 g/mol. The van der Waals surface area contributed by atoms with Gasteiger partial charge in [-0.2, -0.15) is 5.26 Å². The third-order valence-electron chi connectivity index (χ3n) is 8.88. The van der Waals surface area contributed by atoms with Crippen LogP contribution in [0.3, 0.4) is 0 Å². The van der Waals surface area contributed by atoms with Gasteiger partial charge in [0.2, 0.25) is 0 Å². The second kappa shape index (κ2) is 7.07. The molecular formula is C27H32N2O2. The lowest BCUT2D eigenvalue weighted by Gasteiger charge is -2.53. The van der Waals surface area contributed by atoms with Gasteiger partial charge in [-0.15, -0.1) is 0 Å². The van der Waals surface area contributed by atoms with Crippen LogP contribution >= 0.6 is 0 Å². The summed E-state index contributed by atoms with van der Waals surface area (Å²) in [4.78, 5) is 14.2. The molecule has 0 bridgehead atoms. The van der Waals surface area contributed by atoms with E-state index in [2.05, 4.69) is 42.2 Å². The zero-order valence-electron chi connectivity index (χ0n) is 18.8. The molecule has 0 heterocycles. The van der Waals surface area contributed by atoms with Gasteiger partial charge in [-0.1, -0.05) is 24.6 Å². The predicted molar refractivity (Wildman–Crippen MR) is 122 cm³/mol. The van der Waals surface area contributed by atoms with Crippen LogP contribution in [-0.2, 0) is 4.79 Å². The molecule has 31 heavy (non-hydrogen) atoms. The van der Waals surface area contributed by atoms with Gasteiger partial charge in [-0.25, -0.2) is 0 Å². The Kier molecular flexibility index (Phi) is 4.68. The third kappa shape index (κ3) is 2.93. The fraction of sp³-hybridized carbons (Fsp3) is 0.556. The SMILES string of the molecule is CN(C)c1ccc([C@H]2C[C@@]3(C)C(CC[C@]3(O)C#N)C3CCC4=CC(=O)CCC4=C32)cc1. The summed E-state index contributed by atoms with van der Waals surface area (Å²) in [5.74, 6) is 1.16. The number of hydrogen-bond acceptors (Lipinski definition) is 4. The summed E-state index contributed by atoms with van der Waals surface area (Å²) in [5.41, 5.74) is 4.93. The van der Waals surface area contributed by atoms with Crippen molar-refractivity contribution >= 4 is 11.5 Å². The Labute approximate surface area is 185 Å². The lowest BCUT2D eigenvalue weighted by molar-refractivity contribution is -0.114. The minimum Gasteiger partial charge on any atom is -0.378 e. The summed E-state index contributed by atoms with van der Waals surface area (Å²) in [6.07, 6.45) is 7.57. The number of hydrogen-bond donors (Lipinski definition) is 1. The molecule has 2 unspecified atom stereocenters. The van der Waals surface area contributed by atoms with E-state index in [1.54, 1.807) is 0 Å². The number of allylic oxidation sites excluding steroid dienone is 4. The lowest BCUT2D eigenvalue weighted by Crippen LogP contribution is -2.50. The lowest BCUT2D eigenvalue weighted by atomic mass is 9.51. The number of nitrogens with zero attached hydrogens (tertiary/aromatic N) is 2. The van der Waals surface area contributed by atoms with Crippen molar-refractivity contribution in [1.82, 2.24) is 0 Å². The summed E-state index contributed by atoms with van der Waals surface area (Å²) in [7, 11) is 4.09. The maximum absolute atomic E-state index is 12.1. The molecule has 5 rings (SSSR count). The molecule has 2 saturated carbocycles. The van der Waals surface area contributed by atoms with Crippen LogP contribution in [0, 0.1) is 28.6 Å². The molecule has 0 amide bonds. The molecule has 4 heteroatoms. The van der Waals surface area contributed by atoms with Crippen molar-refractivity contribution in [3.8, 4) is 6.07 Å². The molecule has 5 atom stereocenters. The van der Waals surface area contributed by atoms with E-state index in [1.165, 1.54) is 28.0 Å².